The van der Waals surface area contributed by atoms with Crippen molar-refractivity contribution < 1.29 is 18.7 Å². The van der Waals surface area contributed by atoms with Gasteiger partial charge in [0, 0.05) is 25.0 Å². The molecule has 1 aliphatic heterocycles. The van der Waals surface area contributed by atoms with Crippen molar-refractivity contribution in [2.24, 2.45) is 5.92 Å². The summed E-state index contributed by atoms with van der Waals surface area (Å²) in [5, 5.41) is 3.05. The first kappa shape index (κ1) is 16.9. The Bertz CT molecular complexity index is 593. The fraction of sp³-hybridized carbons (Fsp3) is 0.556. The zero-order valence-corrected chi connectivity index (χ0v) is 13.8. The van der Waals surface area contributed by atoms with Gasteiger partial charge < -0.3 is 10.1 Å². The number of carbonyl (C=O) groups excluding carboxylic acids is 2. The van der Waals surface area contributed by atoms with Gasteiger partial charge in [0.25, 0.3) is 0 Å². The third-order valence-electron chi connectivity index (χ3n) is 4.80. The lowest BCUT2D eigenvalue weighted by molar-refractivity contribution is -0.148. The van der Waals surface area contributed by atoms with E-state index in [1.165, 1.54) is 19.2 Å². The van der Waals surface area contributed by atoms with Gasteiger partial charge in [0.05, 0.1) is 7.11 Å². The van der Waals surface area contributed by atoms with Crippen molar-refractivity contribution in [1.29, 1.82) is 0 Å². The molecule has 1 aromatic carbocycles. The molecule has 0 unspecified atom stereocenters. The highest BCUT2D eigenvalue weighted by molar-refractivity contribution is 5.80. The molecule has 24 heavy (non-hydrogen) atoms. The molecule has 3 rings (SSSR count). The summed E-state index contributed by atoms with van der Waals surface area (Å²) in [4.78, 5) is 26.4. The number of hydrogen-bond donors (Lipinski definition) is 1. The summed E-state index contributed by atoms with van der Waals surface area (Å²) in [5.74, 6) is -0.553. The standard InChI is InChI=1S/C18H23FN2O3/c1-24-18(23)16(12-2-4-14(19)5-3-12)21-10-8-13(9-11-21)17(22)20-15-6-7-15/h2-5,13,15-16H,6-11H2,1H3,(H,20,22)/t16-/m1/s1. The number of carbonyl (C=O) groups is 2. The minimum atomic E-state index is -0.553. The van der Waals surface area contributed by atoms with Crippen LogP contribution in [0.4, 0.5) is 4.39 Å². The van der Waals surface area contributed by atoms with E-state index in [-0.39, 0.29) is 23.6 Å². The van der Waals surface area contributed by atoms with Crippen LogP contribution >= 0.6 is 0 Å². The summed E-state index contributed by atoms with van der Waals surface area (Å²) in [6.07, 6.45) is 3.60. The number of benzene rings is 1. The molecule has 1 heterocycles. The summed E-state index contributed by atoms with van der Waals surface area (Å²) in [6, 6.07) is 5.74. The second kappa shape index (κ2) is 7.30. The molecule has 1 amide bonds. The smallest absolute Gasteiger partial charge is 0.327 e. The van der Waals surface area contributed by atoms with Gasteiger partial charge in [-0.25, -0.2) is 9.18 Å². The Hall–Kier alpha value is -1.95. The van der Waals surface area contributed by atoms with Crippen LogP contribution in [0, 0.1) is 11.7 Å². The zero-order valence-electron chi connectivity index (χ0n) is 13.8. The molecule has 0 radical (unpaired) electrons. The Morgan fingerprint density at radius 2 is 1.79 bits per heavy atom. The SMILES string of the molecule is COC(=O)[C@@H](c1ccc(F)cc1)N1CCC(C(=O)NC2CC2)CC1. The minimum Gasteiger partial charge on any atom is -0.468 e. The topological polar surface area (TPSA) is 58.6 Å². The van der Waals surface area contributed by atoms with Crippen LogP contribution in [0.15, 0.2) is 24.3 Å². The zero-order chi connectivity index (χ0) is 17.1. The van der Waals surface area contributed by atoms with Gasteiger partial charge in [0.2, 0.25) is 5.91 Å². The maximum absolute atomic E-state index is 13.2. The summed E-state index contributed by atoms with van der Waals surface area (Å²) in [6.45, 7) is 1.28. The monoisotopic (exact) mass is 334 g/mol. The lowest BCUT2D eigenvalue weighted by Gasteiger charge is -2.35. The number of esters is 1. The molecule has 0 aromatic heterocycles. The number of amides is 1. The van der Waals surface area contributed by atoms with E-state index in [2.05, 4.69) is 5.32 Å². The number of nitrogens with one attached hydrogen (secondary N) is 1. The first-order valence-electron chi connectivity index (χ1n) is 8.46. The van der Waals surface area contributed by atoms with Gasteiger partial charge in [-0.2, -0.15) is 0 Å². The van der Waals surface area contributed by atoms with Gasteiger partial charge >= 0.3 is 5.97 Å². The molecule has 1 atom stereocenters. The van der Waals surface area contributed by atoms with E-state index in [4.69, 9.17) is 4.74 Å². The number of rotatable bonds is 5. The lowest BCUT2D eigenvalue weighted by Crippen LogP contribution is -2.44. The molecule has 1 aromatic rings. The Morgan fingerprint density at radius 1 is 1.17 bits per heavy atom. The average molecular weight is 334 g/mol. The third kappa shape index (κ3) is 3.93. The van der Waals surface area contributed by atoms with Crippen LogP contribution in [0.2, 0.25) is 0 Å². The number of halogens is 1. The molecular weight excluding hydrogens is 311 g/mol. The van der Waals surface area contributed by atoms with E-state index in [1.807, 2.05) is 4.90 Å². The fourth-order valence-electron chi connectivity index (χ4n) is 3.22. The van der Waals surface area contributed by atoms with Gasteiger partial charge in [-0.3, -0.25) is 9.69 Å². The number of ether oxygens (including phenoxy) is 1. The molecule has 1 aliphatic carbocycles. The van der Waals surface area contributed by atoms with Crippen LogP contribution in [-0.2, 0) is 14.3 Å². The normalized spacial score (nSPS) is 20.4. The van der Waals surface area contributed by atoms with Crippen LogP contribution in [0.3, 0.4) is 0 Å². The molecule has 1 saturated carbocycles. The van der Waals surface area contributed by atoms with E-state index in [1.54, 1.807) is 12.1 Å². The predicted molar refractivity (Wildman–Crippen MR) is 86.6 cm³/mol. The molecule has 6 heteroatoms. The van der Waals surface area contributed by atoms with Crippen LogP contribution in [-0.4, -0.2) is 43.0 Å². The van der Waals surface area contributed by atoms with Gasteiger partial charge in [-0.05, 0) is 43.4 Å². The number of likely N-dealkylation sites (tertiary alicyclic amines) is 1. The Kier molecular flexibility index (Phi) is 5.14. The van der Waals surface area contributed by atoms with Gasteiger partial charge in [0.15, 0.2) is 0 Å². The van der Waals surface area contributed by atoms with Gasteiger partial charge in [-0.1, -0.05) is 12.1 Å². The number of methoxy groups -OCH3 is 1. The summed E-state index contributed by atoms with van der Waals surface area (Å²) in [7, 11) is 1.36. The summed E-state index contributed by atoms with van der Waals surface area (Å²) < 4.78 is 18.1. The first-order valence-corrected chi connectivity index (χ1v) is 8.46. The lowest BCUT2D eigenvalue weighted by atomic mass is 9.93. The van der Waals surface area contributed by atoms with Crippen molar-refractivity contribution in [3.8, 4) is 0 Å². The third-order valence-corrected chi connectivity index (χ3v) is 4.80. The molecule has 0 spiro atoms. The Morgan fingerprint density at radius 3 is 2.33 bits per heavy atom. The van der Waals surface area contributed by atoms with Crippen molar-refractivity contribution in [3.63, 3.8) is 0 Å². The minimum absolute atomic E-state index is 0.00775. The van der Waals surface area contributed by atoms with Crippen molar-refractivity contribution in [1.82, 2.24) is 10.2 Å². The van der Waals surface area contributed by atoms with Crippen molar-refractivity contribution in [2.75, 3.05) is 20.2 Å². The highest BCUT2D eigenvalue weighted by Gasteiger charge is 2.35. The van der Waals surface area contributed by atoms with E-state index in [9.17, 15) is 14.0 Å². The van der Waals surface area contributed by atoms with Crippen molar-refractivity contribution in [2.45, 2.75) is 37.8 Å². The highest BCUT2D eigenvalue weighted by Crippen LogP contribution is 2.29. The summed E-state index contributed by atoms with van der Waals surface area (Å²) in [5.41, 5.74) is 0.712. The average Bonchev–Trinajstić information content (AvgIpc) is 3.41. The van der Waals surface area contributed by atoms with E-state index < -0.39 is 6.04 Å². The second-order valence-electron chi connectivity index (χ2n) is 6.57. The number of nitrogens with zero attached hydrogens (tertiary/aromatic N) is 1. The van der Waals surface area contributed by atoms with Crippen LogP contribution in [0.25, 0.3) is 0 Å². The van der Waals surface area contributed by atoms with E-state index in [0.29, 0.717) is 37.5 Å². The largest absolute Gasteiger partial charge is 0.468 e. The van der Waals surface area contributed by atoms with Crippen molar-refractivity contribution in [3.05, 3.63) is 35.6 Å². The van der Waals surface area contributed by atoms with Crippen LogP contribution in [0.5, 0.6) is 0 Å². The Labute approximate surface area is 141 Å². The molecule has 1 N–H and O–H groups in total. The van der Waals surface area contributed by atoms with Crippen LogP contribution < -0.4 is 5.32 Å². The first-order chi connectivity index (χ1) is 11.6. The molecule has 130 valence electrons. The van der Waals surface area contributed by atoms with Gasteiger partial charge in [-0.15, -0.1) is 0 Å². The highest BCUT2D eigenvalue weighted by atomic mass is 19.1. The molecular formula is C18H23FN2O3. The molecule has 2 fully saturated rings. The fourth-order valence-corrected chi connectivity index (χ4v) is 3.22. The molecule has 1 saturated heterocycles. The summed E-state index contributed by atoms with van der Waals surface area (Å²) >= 11 is 0. The maximum Gasteiger partial charge on any atom is 0.327 e. The predicted octanol–water partition coefficient (Wildman–Crippen LogP) is 2.03. The molecule has 5 nitrogen and oxygen atoms in total. The van der Waals surface area contributed by atoms with E-state index >= 15 is 0 Å². The molecule has 2 aliphatic rings. The molecule has 0 bridgehead atoms. The quantitative estimate of drug-likeness (QED) is 0.837. The van der Waals surface area contributed by atoms with Crippen molar-refractivity contribution >= 4 is 11.9 Å². The number of piperidine rings is 1. The van der Waals surface area contributed by atoms with E-state index in [0.717, 1.165) is 12.8 Å². The number of hydrogen-bond acceptors (Lipinski definition) is 4. The van der Waals surface area contributed by atoms with Crippen LogP contribution in [0.1, 0.15) is 37.3 Å². The maximum atomic E-state index is 13.2. The Balaban J connectivity index is 1.65. The van der Waals surface area contributed by atoms with Gasteiger partial charge in [0.1, 0.15) is 11.9 Å². The second-order valence-corrected chi connectivity index (χ2v) is 6.57.